The molecule has 1 radical (unpaired) electrons. The van der Waals surface area contributed by atoms with Crippen molar-refractivity contribution in [3.8, 4) is 23.2 Å². The zero-order chi connectivity index (χ0) is 19.1. The van der Waals surface area contributed by atoms with Crippen LogP contribution in [0.15, 0.2) is 34.9 Å². The summed E-state index contributed by atoms with van der Waals surface area (Å²) in [6, 6.07) is 8.04. The molecule has 3 rings (SSSR count). The Balaban J connectivity index is 0.00000261. The van der Waals surface area contributed by atoms with Crippen LogP contribution in [0.1, 0.15) is 47.1 Å². The maximum atomic E-state index is 6.07. The summed E-state index contributed by atoms with van der Waals surface area (Å²) >= 11 is 0. The molecule has 5 nitrogen and oxygen atoms in total. The van der Waals surface area contributed by atoms with E-state index >= 15 is 0 Å². The molecule has 27 heavy (non-hydrogen) atoms. The van der Waals surface area contributed by atoms with E-state index in [9.17, 15) is 0 Å². The van der Waals surface area contributed by atoms with Gasteiger partial charge in [0.05, 0.1) is 5.58 Å². The first-order valence-electron chi connectivity index (χ1n) is 8.62. The summed E-state index contributed by atoms with van der Waals surface area (Å²) in [5.74, 6) is 1.02. The molecule has 1 aromatic carbocycles. The molecule has 0 unspecified atom stereocenters. The van der Waals surface area contributed by atoms with Crippen molar-refractivity contribution < 1.29 is 51.6 Å². The van der Waals surface area contributed by atoms with Crippen LogP contribution in [0.4, 0.5) is 0 Å². The van der Waals surface area contributed by atoms with Crippen molar-refractivity contribution in [3.63, 3.8) is 0 Å². The van der Waals surface area contributed by atoms with Gasteiger partial charge in [-0.25, -0.2) is 4.98 Å². The number of fused-ring (bicyclic) bond motifs is 1. The predicted molar refractivity (Wildman–Crippen MR) is 102 cm³/mol. The van der Waals surface area contributed by atoms with E-state index < -0.39 is 11.2 Å². The molecule has 0 saturated heterocycles. The van der Waals surface area contributed by atoms with Crippen LogP contribution < -0.4 is 9.47 Å². The van der Waals surface area contributed by atoms with E-state index in [1.54, 1.807) is 6.20 Å². The molecule has 2 heterocycles. The Kier molecular flexibility index (Phi) is 6.40. The summed E-state index contributed by atoms with van der Waals surface area (Å²) in [5.41, 5.74) is 1.37. The number of furan rings is 1. The van der Waals surface area contributed by atoms with Crippen LogP contribution >= 0.6 is 0 Å². The molecule has 0 aliphatic rings. The SMILES string of the molecule is [CH2-]c1c(-c2cnc(OC(C)(C)C)nc2OC(C)(C)C)oc2ccccc12.[Ho]. The summed E-state index contributed by atoms with van der Waals surface area (Å²) in [4.78, 5) is 8.83. The minimum absolute atomic E-state index is 0. The van der Waals surface area contributed by atoms with Crippen molar-refractivity contribution in [2.24, 2.45) is 0 Å². The number of rotatable bonds is 3. The van der Waals surface area contributed by atoms with E-state index in [1.165, 1.54) is 0 Å². The van der Waals surface area contributed by atoms with E-state index in [2.05, 4.69) is 16.9 Å². The average Bonchev–Trinajstić information content (AvgIpc) is 2.82. The summed E-state index contributed by atoms with van der Waals surface area (Å²) in [6.07, 6.45) is 1.67. The van der Waals surface area contributed by atoms with Crippen LogP contribution in [0.25, 0.3) is 22.3 Å². The summed E-state index contributed by atoms with van der Waals surface area (Å²) in [7, 11) is 0. The third kappa shape index (κ3) is 5.31. The Morgan fingerprint density at radius 2 is 1.59 bits per heavy atom. The number of ether oxygens (including phenoxy) is 2. The quantitative estimate of drug-likeness (QED) is 0.342. The van der Waals surface area contributed by atoms with Gasteiger partial charge in [0, 0.05) is 55.3 Å². The molecular weight excluding hydrogens is 493 g/mol. The molecule has 0 saturated carbocycles. The van der Waals surface area contributed by atoms with Gasteiger partial charge in [-0.2, -0.15) is 11.9 Å². The Hall–Kier alpha value is -1.43. The van der Waals surface area contributed by atoms with Crippen LogP contribution in [0.3, 0.4) is 0 Å². The van der Waals surface area contributed by atoms with Crippen molar-refractivity contribution in [3.05, 3.63) is 42.9 Å². The molecule has 6 heteroatoms. The van der Waals surface area contributed by atoms with E-state index in [0.29, 0.717) is 17.2 Å². The second kappa shape index (κ2) is 7.90. The molecule has 0 spiro atoms. The van der Waals surface area contributed by atoms with E-state index in [4.69, 9.17) is 13.9 Å². The largest absolute Gasteiger partial charge is 0.526 e. The summed E-state index contributed by atoms with van der Waals surface area (Å²) in [6.45, 7) is 15.9. The molecule has 0 aliphatic heterocycles. The fraction of sp³-hybridized carbons (Fsp3) is 0.381. The Bertz CT molecular complexity index is 937. The minimum atomic E-state index is -0.435. The van der Waals surface area contributed by atoms with Gasteiger partial charge in [0.25, 0.3) is 0 Å². The van der Waals surface area contributed by atoms with Crippen LogP contribution in [-0.2, 0) is 0 Å². The van der Waals surface area contributed by atoms with Gasteiger partial charge in [0.2, 0.25) is 5.88 Å². The fourth-order valence-corrected chi connectivity index (χ4v) is 2.51. The van der Waals surface area contributed by atoms with Crippen LogP contribution in [0.2, 0.25) is 0 Å². The van der Waals surface area contributed by atoms with Gasteiger partial charge in [-0.05, 0) is 47.6 Å². The molecule has 0 aliphatic carbocycles. The number of aromatic nitrogens is 2. The standard InChI is InChI=1S/C21H25N2O3.Ho/c1-13-14-10-8-9-11-16(14)24-17(13)15-12-22-19(26-21(5,6)7)23-18(15)25-20(2,3)4;/h8-12H,1H2,2-7H3;/q-1;. The molecule has 0 atom stereocenters. The number of hydrogen-bond donors (Lipinski definition) is 0. The van der Waals surface area contributed by atoms with Crippen molar-refractivity contribution in [2.75, 3.05) is 0 Å². The second-order valence-corrected chi connectivity index (χ2v) is 8.21. The Labute approximate surface area is 190 Å². The van der Waals surface area contributed by atoms with Crippen molar-refractivity contribution in [1.82, 2.24) is 9.97 Å². The minimum Gasteiger partial charge on any atom is -0.526 e. The monoisotopic (exact) mass is 518 g/mol. The van der Waals surface area contributed by atoms with E-state index in [1.807, 2.05) is 65.8 Å². The van der Waals surface area contributed by atoms with Gasteiger partial charge >= 0.3 is 6.01 Å². The van der Waals surface area contributed by atoms with Gasteiger partial charge in [-0.3, -0.25) is 0 Å². The molecular formula is C21H25HoN2O3-. The molecule has 0 amide bonds. The topological polar surface area (TPSA) is 57.4 Å². The number of nitrogens with zero attached hydrogens (tertiary/aromatic N) is 2. The zero-order valence-electron chi connectivity index (χ0n) is 16.5. The normalized spacial score (nSPS) is 11.9. The van der Waals surface area contributed by atoms with Crippen molar-refractivity contribution in [2.45, 2.75) is 52.7 Å². The van der Waals surface area contributed by atoms with Crippen LogP contribution in [0, 0.1) is 44.7 Å². The molecule has 0 N–H and O–H groups in total. The zero-order valence-corrected chi connectivity index (χ0v) is 18.4. The van der Waals surface area contributed by atoms with Gasteiger partial charge < -0.3 is 13.9 Å². The Morgan fingerprint density at radius 3 is 2.19 bits per heavy atom. The number of para-hydroxylation sites is 1. The van der Waals surface area contributed by atoms with Gasteiger partial charge in [0.1, 0.15) is 11.2 Å². The fourth-order valence-electron chi connectivity index (χ4n) is 2.51. The predicted octanol–water partition coefficient (Wildman–Crippen LogP) is 5.43. The third-order valence-electron chi connectivity index (χ3n) is 3.47. The maximum Gasteiger partial charge on any atom is 0.320 e. The second-order valence-electron chi connectivity index (χ2n) is 8.21. The summed E-state index contributed by atoms with van der Waals surface area (Å²) in [5, 5.41) is 0.958. The maximum absolute atomic E-state index is 6.07. The van der Waals surface area contributed by atoms with E-state index in [0.717, 1.165) is 16.5 Å². The van der Waals surface area contributed by atoms with E-state index in [-0.39, 0.29) is 43.7 Å². The smallest absolute Gasteiger partial charge is 0.320 e. The van der Waals surface area contributed by atoms with Gasteiger partial charge in [-0.1, -0.05) is 17.5 Å². The number of benzene rings is 1. The molecule has 2 aromatic heterocycles. The van der Waals surface area contributed by atoms with Gasteiger partial charge in [0.15, 0.2) is 0 Å². The molecule has 3 aromatic rings. The molecule has 0 bridgehead atoms. The number of hydrogen-bond acceptors (Lipinski definition) is 5. The first-order chi connectivity index (χ1) is 12.0. The van der Waals surface area contributed by atoms with Crippen molar-refractivity contribution in [1.29, 1.82) is 0 Å². The third-order valence-corrected chi connectivity index (χ3v) is 3.47. The molecule has 149 valence electrons. The molecule has 0 fully saturated rings. The summed E-state index contributed by atoms with van der Waals surface area (Å²) < 4.78 is 17.9. The van der Waals surface area contributed by atoms with Crippen molar-refractivity contribution >= 4 is 11.0 Å². The Morgan fingerprint density at radius 1 is 0.963 bits per heavy atom. The first kappa shape index (κ1) is 21.9. The average molecular weight is 518 g/mol. The first-order valence-corrected chi connectivity index (χ1v) is 8.62. The van der Waals surface area contributed by atoms with Crippen LogP contribution in [-0.4, -0.2) is 21.2 Å². The van der Waals surface area contributed by atoms with Crippen LogP contribution in [0.5, 0.6) is 11.9 Å². The van der Waals surface area contributed by atoms with Gasteiger partial charge in [-0.15, -0.1) is 11.6 Å².